The maximum atomic E-state index is 13.0. The number of benzene rings is 1. The monoisotopic (exact) mass is 279 g/mol. The molecule has 2 rings (SSSR count). The van der Waals surface area contributed by atoms with Crippen LogP contribution in [0, 0.1) is 5.82 Å². The van der Waals surface area contributed by atoms with Crippen molar-refractivity contribution in [2.45, 2.75) is 6.54 Å². The van der Waals surface area contributed by atoms with Crippen LogP contribution in [0.4, 0.5) is 15.9 Å². The van der Waals surface area contributed by atoms with Crippen LogP contribution >= 0.6 is 11.6 Å². The molecular weight excluding hydrogens is 265 g/mol. The van der Waals surface area contributed by atoms with Gasteiger partial charge in [0.15, 0.2) is 5.82 Å². The first kappa shape index (κ1) is 13.6. The molecule has 100 valence electrons. The predicted molar refractivity (Wildman–Crippen MR) is 77.3 cm³/mol. The maximum absolute atomic E-state index is 13.0. The number of hydrogen-bond donors (Lipinski definition) is 1. The predicted octanol–water partition coefficient (Wildman–Crippen LogP) is 3.55. The Bertz CT molecular complexity index is 572. The smallest absolute Gasteiger partial charge is 0.151 e. The van der Waals surface area contributed by atoms with Crippen LogP contribution < -0.4 is 10.2 Å². The quantitative estimate of drug-likeness (QED) is 0.928. The highest BCUT2D eigenvalue weighted by Crippen LogP contribution is 2.23. The van der Waals surface area contributed by atoms with E-state index >= 15 is 0 Å². The van der Waals surface area contributed by atoms with Gasteiger partial charge in [0.2, 0.25) is 0 Å². The number of pyridine rings is 1. The van der Waals surface area contributed by atoms with Crippen LogP contribution in [0.2, 0.25) is 5.02 Å². The molecular formula is C14H15ClFN3. The van der Waals surface area contributed by atoms with Gasteiger partial charge in [-0.15, -0.1) is 0 Å². The minimum atomic E-state index is -0.330. The molecule has 19 heavy (non-hydrogen) atoms. The molecule has 0 radical (unpaired) electrons. The number of halogens is 2. The number of aromatic nitrogens is 1. The maximum Gasteiger partial charge on any atom is 0.151 e. The minimum absolute atomic E-state index is 0.330. The van der Waals surface area contributed by atoms with Gasteiger partial charge in [-0.1, -0.05) is 17.7 Å². The average Bonchev–Trinajstić information content (AvgIpc) is 2.38. The Labute approximate surface area is 117 Å². The van der Waals surface area contributed by atoms with E-state index < -0.39 is 0 Å². The fraction of sp³-hybridized carbons (Fsp3) is 0.214. The lowest BCUT2D eigenvalue weighted by Crippen LogP contribution is -2.13. The van der Waals surface area contributed by atoms with Crippen LogP contribution in [-0.2, 0) is 6.54 Å². The molecule has 1 N–H and O–H groups in total. The van der Waals surface area contributed by atoms with Gasteiger partial charge in [-0.05, 0) is 29.8 Å². The summed E-state index contributed by atoms with van der Waals surface area (Å²) in [5, 5.41) is 3.68. The highest BCUT2D eigenvalue weighted by Gasteiger charge is 2.06. The molecule has 0 fully saturated rings. The molecule has 0 aliphatic carbocycles. The molecule has 0 atom stereocenters. The van der Waals surface area contributed by atoms with Crippen LogP contribution in [0.15, 0.2) is 36.5 Å². The van der Waals surface area contributed by atoms with Gasteiger partial charge in [0, 0.05) is 31.9 Å². The Morgan fingerprint density at radius 3 is 2.79 bits per heavy atom. The average molecular weight is 280 g/mol. The van der Waals surface area contributed by atoms with Gasteiger partial charge in [0.05, 0.1) is 5.69 Å². The second-order valence-corrected chi connectivity index (χ2v) is 4.77. The van der Waals surface area contributed by atoms with Crippen LogP contribution in [0.25, 0.3) is 0 Å². The second kappa shape index (κ2) is 5.89. The Hall–Kier alpha value is -1.81. The minimum Gasteiger partial charge on any atom is -0.378 e. The van der Waals surface area contributed by atoms with Crippen molar-refractivity contribution in [3.05, 3.63) is 52.9 Å². The molecule has 0 amide bonds. The van der Waals surface area contributed by atoms with Gasteiger partial charge in [0.1, 0.15) is 5.82 Å². The van der Waals surface area contributed by atoms with Crippen molar-refractivity contribution >= 4 is 23.1 Å². The molecule has 1 heterocycles. The lowest BCUT2D eigenvalue weighted by molar-refractivity contribution is 0.627. The van der Waals surface area contributed by atoms with Crippen molar-refractivity contribution in [2.75, 3.05) is 24.3 Å². The standard InChI is InChI=1S/C14H15ClFN3/c1-19(2)14-13(4-3-7-17-14)18-9-10-5-6-11(16)8-12(10)15/h3-8,18H,9H2,1-2H3. The van der Waals surface area contributed by atoms with E-state index in [1.54, 1.807) is 12.3 Å². The van der Waals surface area contributed by atoms with Crippen molar-refractivity contribution in [3.63, 3.8) is 0 Å². The number of hydrogen-bond acceptors (Lipinski definition) is 3. The molecule has 1 aromatic heterocycles. The van der Waals surface area contributed by atoms with Gasteiger partial charge in [-0.3, -0.25) is 0 Å². The van der Waals surface area contributed by atoms with Crippen LogP contribution in [0.5, 0.6) is 0 Å². The molecule has 1 aromatic carbocycles. The SMILES string of the molecule is CN(C)c1ncccc1NCc1ccc(F)cc1Cl. The molecule has 0 saturated heterocycles. The van der Waals surface area contributed by atoms with E-state index in [0.29, 0.717) is 11.6 Å². The molecule has 3 nitrogen and oxygen atoms in total. The summed E-state index contributed by atoms with van der Waals surface area (Å²) in [5.41, 5.74) is 1.75. The van der Waals surface area contributed by atoms with Gasteiger partial charge >= 0.3 is 0 Å². The van der Waals surface area contributed by atoms with E-state index in [0.717, 1.165) is 17.1 Å². The molecule has 0 aliphatic rings. The van der Waals surface area contributed by atoms with Gasteiger partial charge < -0.3 is 10.2 Å². The number of anilines is 2. The summed E-state index contributed by atoms with van der Waals surface area (Å²) in [5.74, 6) is 0.518. The van der Waals surface area contributed by atoms with E-state index in [4.69, 9.17) is 11.6 Å². The van der Waals surface area contributed by atoms with Gasteiger partial charge in [0.25, 0.3) is 0 Å². The van der Waals surface area contributed by atoms with Gasteiger partial charge in [-0.2, -0.15) is 0 Å². The second-order valence-electron chi connectivity index (χ2n) is 4.36. The molecule has 0 aliphatic heterocycles. The Morgan fingerprint density at radius 1 is 1.32 bits per heavy atom. The third kappa shape index (κ3) is 3.35. The third-order valence-corrected chi connectivity index (χ3v) is 3.05. The zero-order valence-electron chi connectivity index (χ0n) is 10.8. The largest absolute Gasteiger partial charge is 0.378 e. The summed E-state index contributed by atoms with van der Waals surface area (Å²) in [7, 11) is 3.86. The van der Waals surface area contributed by atoms with Crippen molar-refractivity contribution in [3.8, 4) is 0 Å². The topological polar surface area (TPSA) is 28.2 Å². The molecule has 0 saturated carbocycles. The van der Waals surface area contributed by atoms with Crippen LogP contribution in [-0.4, -0.2) is 19.1 Å². The van der Waals surface area contributed by atoms with Crippen molar-refractivity contribution in [1.29, 1.82) is 0 Å². The van der Waals surface area contributed by atoms with Crippen molar-refractivity contribution in [1.82, 2.24) is 4.98 Å². The summed E-state index contributed by atoms with van der Waals surface area (Å²) in [6.07, 6.45) is 1.74. The van der Waals surface area contributed by atoms with Crippen LogP contribution in [0.3, 0.4) is 0 Å². The number of nitrogens with one attached hydrogen (secondary N) is 1. The zero-order chi connectivity index (χ0) is 13.8. The van der Waals surface area contributed by atoms with Gasteiger partial charge in [-0.25, -0.2) is 9.37 Å². The van der Waals surface area contributed by atoms with E-state index in [2.05, 4.69) is 10.3 Å². The first-order valence-electron chi connectivity index (χ1n) is 5.88. The third-order valence-electron chi connectivity index (χ3n) is 2.69. The van der Waals surface area contributed by atoms with Crippen LogP contribution in [0.1, 0.15) is 5.56 Å². The fourth-order valence-electron chi connectivity index (χ4n) is 1.75. The van der Waals surface area contributed by atoms with E-state index in [-0.39, 0.29) is 5.82 Å². The number of rotatable bonds is 4. The highest BCUT2D eigenvalue weighted by atomic mass is 35.5. The summed E-state index contributed by atoms with van der Waals surface area (Å²) >= 11 is 5.99. The lowest BCUT2D eigenvalue weighted by Gasteiger charge is -2.17. The summed E-state index contributed by atoms with van der Waals surface area (Å²) in [6, 6.07) is 8.20. The Balaban J connectivity index is 2.14. The van der Waals surface area contributed by atoms with E-state index in [1.807, 2.05) is 31.1 Å². The first-order chi connectivity index (χ1) is 9.08. The van der Waals surface area contributed by atoms with Crippen molar-refractivity contribution in [2.24, 2.45) is 0 Å². The molecule has 5 heteroatoms. The Kier molecular flexibility index (Phi) is 4.22. The molecule has 2 aromatic rings. The zero-order valence-corrected chi connectivity index (χ0v) is 11.6. The normalized spacial score (nSPS) is 10.3. The summed E-state index contributed by atoms with van der Waals surface area (Å²) in [4.78, 5) is 6.22. The van der Waals surface area contributed by atoms with Crippen molar-refractivity contribution < 1.29 is 4.39 Å². The molecule has 0 unspecified atom stereocenters. The highest BCUT2D eigenvalue weighted by molar-refractivity contribution is 6.31. The molecule has 0 bridgehead atoms. The fourth-order valence-corrected chi connectivity index (χ4v) is 1.98. The summed E-state index contributed by atoms with van der Waals surface area (Å²) < 4.78 is 13.0. The number of nitrogens with zero attached hydrogens (tertiary/aromatic N) is 2. The first-order valence-corrected chi connectivity index (χ1v) is 6.26. The van der Waals surface area contributed by atoms with E-state index in [1.165, 1.54) is 12.1 Å². The Morgan fingerprint density at radius 2 is 2.11 bits per heavy atom. The lowest BCUT2D eigenvalue weighted by atomic mass is 10.2. The summed E-state index contributed by atoms with van der Waals surface area (Å²) in [6.45, 7) is 0.519. The molecule has 0 spiro atoms. The van der Waals surface area contributed by atoms with E-state index in [9.17, 15) is 4.39 Å².